The summed E-state index contributed by atoms with van der Waals surface area (Å²) in [7, 11) is 0. The van der Waals surface area contributed by atoms with Crippen LogP contribution in [0.2, 0.25) is 0 Å². The van der Waals surface area contributed by atoms with Crippen LogP contribution in [0.25, 0.3) is 102 Å². The van der Waals surface area contributed by atoms with E-state index < -0.39 is 0 Å². The molecule has 10 nitrogen and oxygen atoms in total. The molecular formula is C50H38N8O2. The van der Waals surface area contributed by atoms with Crippen molar-refractivity contribution in [2.75, 3.05) is 0 Å². The molecule has 0 atom stereocenters. The number of nitrogens with one attached hydrogen (secondary N) is 4. The molecule has 290 valence electrons. The lowest BCUT2D eigenvalue weighted by molar-refractivity contribution is 0.302. The van der Waals surface area contributed by atoms with E-state index in [1.807, 2.05) is 12.4 Å². The van der Waals surface area contributed by atoms with E-state index >= 15 is 0 Å². The molecule has 0 fully saturated rings. The smallest absolute Gasteiger partial charge is 0.130 e. The highest BCUT2D eigenvalue weighted by Crippen LogP contribution is 2.45. The lowest BCUT2D eigenvalue weighted by atomic mass is 9.85. The van der Waals surface area contributed by atoms with Crippen LogP contribution in [0.5, 0.6) is 11.5 Å². The van der Waals surface area contributed by atoms with Gasteiger partial charge in [0.2, 0.25) is 0 Å². The summed E-state index contributed by atoms with van der Waals surface area (Å²) in [6.07, 6.45) is 12.5. The summed E-state index contributed by atoms with van der Waals surface area (Å²) >= 11 is 0. The second-order valence-corrected chi connectivity index (χ2v) is 15.1. The zero-order valence-electron chi connectivity index (χ0n) is 32.7. The summed E-state index contributed by atoms with van der Waals surface area (Å²) in [5, 5.41) is 2.28. The number of nitrogens with zero attached hydrogens (tertiary/aromatic N) is 4. The highest BCUT2D eigenvalue weighted by molar-refractivity contribution is 6.06. The first kappa shape index (κ1) is 35.2. The lowest BCUT2D eigenvalue weighted by Crippen LogP contribution is -2.10. The Balaban J connectivity index is 0.000000136. The fourth-order valence-corrected chi connectivity index (χ4v) is 8.60. The molecule has 0 unspecified atom stereocenters. The maximum absolute atomic E-state index is 6.15. The van der Waals surface area contributed by atoms with Gasteiger partial charge < -0.3 is 29.4 Å². The Kier molecular flexibility index (Phi) is 8.12. The molecule has 3 aliphatic rings. The van der Waals surface area contributed by atoms with Gasteiger partial charge >= 0.3 is 0 Å². The number of H-pyrrole nitrogens is 4. The largest absolute Gasteiger partial charge is 0.488 e. The number of aryl methyl sites for hydroxylation is 2. The van der Waals surface area contributed by atoms with Gasteiger partial charge in [0.15, 0.2) is 0 Å². The Morgan fingerprint density at radius 1 is 0.517 bits per heavy atom. The van der Waals surface area contributed by atoms with Crippen LogP contribution >= 0.6 is 0 Å². The van der Waals surface area contributed by atoms with Crippen LogP contribution in [0.3, 0.4) is 0 Å². The Labute approximate surface area is 345 Å². The van der Waals surface area contributed by atoms with Crippen molar-refractivity contribution in [1.82, 2.24) is 39.9 Å². The highest BCUT2D eigenvalue weighted by atomic mass is 16.5. The second kappa shape index (κ2) is 13.8. The third-order valence-electron chi connectivity index (χ3n) is 11.6. The van der Waals surface area contributed by atoms with Crippen molar-refractivity contribution >= 4 is 46.1 Å². The van der Waals surface area contributed by atoms with E-state index in [0.29, 0.717) is 13.2 Å². The first-order valence-electron chi connectivity index (χ1n) is 19.8. The Hall–Kier alpha value is -7.98. The molecule has 4 aromatic heterocycles. The summed E-state index contributed by atoms with van der Waals surface area (Å²) < 4.78 is 12.3. The van der Waals surface area contributed by atoms with Crippen LogP contribution in [0.4, 0.5) is 0 Å². The topological polar surface area (TPSA) is 133 Å². The Bertz CT molecular complexity index is 3260. The minimum absolute atomic E-state index is 0.526. The minimum Gasteiger partial charge on any atom is -0.488 e. The monoisotopic (exact) mass is 782 g/mol. The number of hydrogen-bond donors (Lipinski definition) is 4. The van der Waals surface area contributed by atoms with Crippen LogP contribution < -0.4 is 9.47 Å². The summed E-state index contributed by atoms with van der Waals surface area (Å²) in [5.74, 6) is 4.91. The van der Waals surface area contributed by atoms with E-state index in [4.69, 9.17) is 14.5 Å². The van der Waals surface area contributed by atoms with Crippen LogP contribution in [0.15, 0.2) is 112 Å². The van der Waals surface area contributed by atoms with Gasteiger partial charge in [-0.25, -0.2) is 19.9 Å². The maximum Gasteiger partial charge on any atom is 0.130 e. The van der Waals surface area contributed by atoms with Gasteiger partial charge in [-0.2, -0.15) is 0 Å². The Morgan fingerprint density at radius 2 is 1.12 bits per heavy atom. The molecule has 10 heteroatoms. The van der Waals surface area contributed by atoms with Crippen LogP contribution in [0.1, 0.15) is 45.7 Å². The van der Waals surface area contributed by atoms with Gasteiger partial charge in [0.05, 0.1) is 40.5 Å². The zero-order valence-corrected chi connectivity index (χ0v) is 32.7. The number of fused-ring (bicyclic) bond motifs is 12. The zero-order chi connectivity index (χ0) is 40.5. The SMILES string of the molecule is C=Cc1ncc(-c2ccc3c(c2)OCc2cc4c(cc2-3)CCc2[nH]c(C=C)nc2-4)[nH]1.C=Cc1ncc(-c2ccc3c(c2)OCc2cc4c(ccc5[nH]c(C=C)nc54)cc2-3)[nH]1. The van der Waals surface area contributed by atoms with Crippen molar-refractivity contribution in [2.24, 2.45) is 0 Å². The van der Waals surface area contributed by atoms with E-state index in [1.54, 1.807) is 24.3 Å². The molecule has 4 N–H and O–H groups in total. The van der Waals surface area contributed by atoms with Crippen molar-refractivity contribution in [3.63, 3.8) is 0 Å². The third kappa shape index (κ3) is 5.79. The van der Waals surface area contributed by atoms with Crippen molar-refractivity contribution in [3.05, 3.63) is 157 Å². The number of rotatable bonds is 6. The van der Waals surface area contributed by atoms with Gasteiger partial charge in [-0.05, 0) is 125 Å². The predicted octanol–water partition coefficient (Wildman–Crippen LogP) is 11.4. The molecule has 0 amide bonds. The molecule has 0 spiro atoms. The average Bonchev–Trinajstić information content (AvgIpc) is 4.13. The van der Waals surface area contributed by atoms with E-state index in [2.05, 4.69) is 134 Å². The maximum atomic E-state index is 6.15. The van der Waals surface area contributed by atoms with Crippen LogP contribution in [-0.4, -0.2) is 39.9 Å². The summed E-state index contributed by atoms with van der Waals surface area (Å²) in [6.45, 7) is 16.2. The van der Waals surface area contributed by atoms with Crippen LogP contribution in [0, 0.1) is 0 Å². The lowest BCUT2D eigenvalue weighted by Gasteiger charge is -2.25. The number of imidazole rings is 4. The van der Waals surface area contributed by atoms with E-state index in [9.17, 15) is 0 Å². The van der Waals surface area contributed by atoms with Crippen molar-refractivity contribution in [2.45, 2.75) is 26.1 Å². The molecule has 1 aliphatic carbocycles. The summed E-state index contributed by atoms with van der Waals surface area (Å²) in [5.41, 5.74) is 17.8. The minimum atomic E-state index is 0.526. The van der Waals surface area contributed by atoms with E-state index in [0.717, 1.165) is 114 Å². The number of ether oxygens (including phenoxy) is 2. The Morgan fingerprint density at radius 3 is 1.75 bits per heavy atom. The van der Waals surface area contributed by atoms with Gasteiger partial charge in [0.1, 0.15) is 48.0 Å². The van der Waals surface area contributed by atoms with E-state index in [1.165, 1.54) is 33.5 Å². The van der Waals surface area contributed by atoms with Gasteiger partial charge in [-0.15, -0.1) is 0 Å². The average molecular weight is 783 g/mol. The number of benzene rings is 5. The molecule has 12 rings (SSSR count). The fraction of sp³-hybridized carbons (Fsp3) is 0.0800. The molecule has 2 aliphatic heterocycles. The molecular weight excluding hydrogens is 745 g/mol. The normalized spacial score (nSPS) is 12.9. The molecule has 0 bridgehead atoms. The molecule has 0 saturated carbocycles. The standard InChI is InChI=1S/C25H20N4O.C25H18N4O/c2*1-3-23-26-12-21(28-23)15-5-7-17-18-9-14-6-8-20-25(29-24(4-2)27-20)19(14)10-16(18)13-30-22(17)11-15/h3-5,7,9-12H,1-2,6,8,13H2,(H,26,28)(H,27,29);3-12H,1-2,13H2,(H,26,28)(H,27,29). The number of hydrogen-bond acceptors (Lipinski definition) is 6. The van der Waals surface area contributed by atoms with Crippen LogP contribution in [-0.2, 0) is 26.1 Å². The molecule has 0 radical (unpaired) electrons. The first-order valence-corrected chi connectivity index (χ1v) is 19.8. The summed E-state index contributed by atoms with van der Waals surface area (Å²) in [6, 6.07) is 25.8. The number of aromatic amines is 4. The molecule has 0 saturated heterocycles. The van der Waals surface area contributed by atoms with Gasteiger partial charge in [-0.3, -0.25) is 0 Å². The molecule has 9 aromatic rings. The van der Waals surface area contributed by atoms with E-state index in [-0.39, 0.29) is 0 Å². The second-order valence-electron chi connectivity index (χ2n) is 15.1. The number of aromatic nitrogens is 8. The van der Waals surface area contributed by atoms with Crippen molar-refractivity contribution in [3.8, 4) is 67.5 Å². The first-order chi connectivity index (χ1) is 29.5. The van der Waals surface area contributed by atoms with Gasteiger partial charge in [0, 0.05) is 38.9 Å². The molecule has 60 heavy (non-hydrogen) atoms. The quantitative estimate of drug-likeness (QED) is 0.133. The van der Waals surface area contributed by atoms with Crippen molar-refractivity contribution < 1.29 is 9.47 Å². The summed E-state index contributed by atoms with van der Waals surface area (Å²) in [4.78, 5) is 31.2. The highest BCUT2D eigenvalue weighted by Gasteiger charge is 2.26. The predicted molar refractivity (Wildman–Crippen MR) is 240 cm³/mol. The van der Waals surface area contributed by atoms with Gasteiger partial charge in [-0.1, -0.05) is 44.5 Å². The third-order valence-corrected chi connectivity index (χ3v) is 11.6. The van der Waals surface area contributed by atoms with Gasteiger partial charge in [0.25, 0.3) is 0 Å². The van der Waals surface area contributed by atoms with Crippen molar-refractivity contribution in [1.29, 1.82) is 0 Å². The molecule has 5 aromatic carbocycles. The fourth-order valence-electron chi connectivity index (χ4n) is 8.60. The molecule has 6 heterocycles.